The second kappa shape index (κ2) is 9.92. The number of hydrogen-bond acceptors (Lipinski definition) is 5. The summed E-state index contributed by atoms with van der Waals surface area (Å²) in [5, 5.41) is 0. The van der Waals surface area contributed by atoms with Crippen molar-refractivity contribution >= 4 is 11.7 Å². The fourth-order valence-electron chi connectivity index (χ4n) is 4.42. The van der Waals surface area contributed by atoms with Crippen LogP contribution in [0.25, 0.3) is 11.1 Å². The third kappa shape index (κ3) is 4.97. The maximum atomic E-state index is 11.8. The molecule has 0 aliphatic carbocycles. The van der Waals surface area contributed by atoms with Crippen LogP contribution in [0.5, 0.6) is 0 Å². The van der Waals surface area contributed by atoms with E-state index < -0.39 is 0 Å². The molecule has 1 aliphatic heterocycles. The number of aryl methyl sites for hydroxylation is 1. The number of amides is 1. The van der Waals surface area contributed by atoms with Crippen LogP contribution >= 0.6 is 0 Å². The molecule has 3 aromatic rings. The molecule has 2 N–H and O–H groups in total. The van der Waals surface area contributed by atoms with Crippen molar-refractivity contribution in [3.8, 4) is 11.1 Å². The summed E-state index contributed by atoms with van der Waals surface area (Å²) < 4.78 is 0. The summed E-state index contributed by atoms with van der Waals surface area (Å²) >= 11 is 0. The fraction of sp³-hybridized carbons (Fsp3) is 0.346. The summed E-state index contributed by atoms with van der Waals surface area (Å²) in [5.74, 6) is 1.48. The van der Waals surface area contributed by atoms with Gasteiger partial charge in [-0.15, -0.1) is 0 Å². The number of carbonyl (C=O) groups excluding carboxylic acids is 1. The molecule has 0 saturated carbocycles. The Hall–Kier alpha value is -3.25. The third-order valence-corrected chi connectivity index (χ3v) is 6.28. The fourth-order valence-corrected chi connectivity index (χ4v) is 4.42. The molecule has 0 radical (unpaired) electrons. The quantitative estimate of drug-likeness (QED) is 0.646. The monoisotopic (exact) mass is 429 g/mol. The number of nitrogens with two attached hydrogens (primary N) is 1. The molecular weight excluding hydrogens is 398 g/mol. The van der Waals surface area contributed by atoms with E-state index in [2.05, 4.69) is 47.1 Å². The zero-order valence-corrected chi connectivity index (χ0v) is 18.9. The number of likely N-dealkylation sites (N-methyl/N-ethyl adjacent to an activating group) is 1. The van der Waals surface area contributed by atoms with Crippen LogP contribution in [0.2, 0.25) is 0 Å². The summed E-state index contributed by atoms with van der Waals surface area (Å²) in [6.45, 7) is 4.70. The highest BCUT2D eigenvalue weighted by molar-refractivity contribution is 5.77. The molecule has 1 amide bonds. The van der Waals surface area contributed by atoms with Crippen molar-refractivity contribution in [2.24, 2.45) is 5.73 Å². The van der Waals surface area contributed by atoms with Crippen molar-refractivity contribution in [2.75, 3.05) is 31.6 Å². The van der Waals surface area contributed by atoms with Crippen molar-refractivity contribution in [1.29, 1.82) is 0 Å². The summed E-state index contributed by atoms with van der Waals surface area (Å²) in [5.41, 5.74) is 11.2. The van der Waals surface area contributed by atoms with Crippen LogP contribution in [0.4, 0.5) is 5.82 Å². The molecule has 0 bridgehead atoms. The van der Waals surface area contributed by atoms with E-state index in [1.165, 1.54) is 11.3 Å². The average molecular weight is 430 g/mol. The van der Waals surface area contributed by atoms with Gasteiger partial charge in [-0.05, 0) is 60.7 Å². The van der Waals surface area contributed by atoms with Crippen molar-refractivity contribution in [3.63, 3.8) is 0 Å². The van der Waals surface area contributed by atoms with Gasteiger partial charge in [-0.25, -0.2) is 4.98 Å². The molecule has 0 atom stereocenters. The molecule has 2 aromatic heterocycles. The van der Waals surface area contributed by atoms with E-state index in [4.69, 9.17) is 10.7 Å². The predicted molar refractivity (Wildman–Crippen MR) is 128 cm³/mol. The molecule has 6 heteroatoms. The standard InChI is InChI=1S/C26H31N5O/c1-19-5-4-12-28-26(19)21-10-13-31(14-11-21)24-9-8-23(17-29-24)22-7-3-6-20(15-22)18-30(2)25(32)16-27/h3-9,12,15,17,21H,10-11,13-14,16,18,27H2,1-2H3. The van der Waals surface area contributed by atoms with Gasteiger partial charge in [-0.2, -0.15) is 0 Å². The van der Waals surface area contributed by atoms with Gasteiger partial charge in [0.15, 0.2) is 0 Å². The van der Waals surface area contributed by atoms with Gasteiger partial charge in [0.05, 0.1) is 6.54 Å². The van der Waals surface area contributed by atoms with Gasteiger partial charge in [0.1, 0.15) is 5.82 Å². The Balaban J connectivity index is 1.40. The zero-order valence-electron chi connectivity index (χ0n) is 18.9. The normalized spacial score (nSPS) is 14.4. The molecule has 32 heavy (non-hydrogen) atoms. The number of pyridine rings is 2. The van der Waals surface area contributed by atoms with E-state index in [-0.39, 0.29) is 12.5 Å². The highest BCUT2D eigenvalue weighted by atomic mass is 16.2. The number of aromatic nitrogens is 2. The first kappa shape index (κ1) is 22.0. The lowest BCUT2D eigenvalue weighted by Gasteiger charge is -2.33. The van der Waals surface area contributed by atoms with Crippen molar-refractivity contribution in [1.82, 2.24) is 14.9 Å². The van der Waals surface area contributed by atoms with Gasteiger partial charge in [0, 0.05) is 56.3 Å². The Morgan fingerprint density at radius 2 is 1.91 bits per heavy atom. The first-order valence-electron chi connectivity index (χ1n) is 11.2. The van der Waals surface area contributed by atoms with Crippen molar-refractivity contribution < 1.29 is 4.79 Å². The van der Waals surface area contributed by atoms with Crippen LogP contribution in [-0.4, -0.2) is 47.5 Å². The topological polar surface area (TPSA) is 75.4 Å². The first-order valence-corrected chi connectivity index (χ1v) is 11.2. The van der Waals surface area contributed by atoms with Crippen LogP contribution < -0.4 is 10.6 Å². The summed E-state index contributed by atoms with van der Waals surface area (Å²) in [6.07, 6.45) is 6.03. The van der Waals surface area contributed by atoms with Crippen LogP contribution in [0.15, 0.2) is 60.9 Å². The van der Waals surface area contributed by atoms with Gasteiger partial charge in [-0.3, -0.25) is 9.78 Å². The lowest BCUT2D eigenvalue weighted by Crippen LogP contribution is -2.33. The molecule has 6 nitrogen and oxygen atoms in total. The molecular formula is C26H31N5O. The van der Waals surface area contributed by atoms with Crippen LogP contribution in [0.1, 0.15) is 35.6 Å². The highest BCUT2D eigenvalue weighted by Crippen LogP contribution is 2.31. The van der Waals surface area contributed by atoms with E-state index in [1.54, 1.807) is 11.9 Å². The molecule has 166 valence electrons. The highest BCUT2D eigenvalue weighted by Gasteiger charge is 2.23. The number of rotatable bonds is 6. The number of nitrogens with zero attached hydrogens (tertiary/aromatic N) is 4. The Kier molecular flexibility index (Phi) is 6.81. The molecule has 0 unspecified atom stereocenters. The summed E-state index contributed by atoms with van der Waals surface area (Å²) in [6, 6.07) is 16.6. The molecule has 4 rings (SSSR count). The Labute approximate surface area is 190 Å². The van der Waals surface area contributed by atoms with Crippen LogP contribution in [0.3, 0.4) is 0 Å². The second-order valence-electron chi connectivity index (χ2n) is 8.53. The second-order valence-corrected chi connectivity index (χ2v) is 8.53. The van der Waals surface area contributed by atoms with Gasteiger partial charge in [-0.1, -0.05) is 24.3 Å². The first-order chi connectivity index (χ1) is 15.5. The van der Waals surface area contributed by atoms with E-state index in [9.17, 15) is 4.79 Å². The largest absolute Gasteiger partial charge is 0.357 e. The van der Waals surface area contributed by atoms with Crippen molar-refractivity contribution in [3.05, 3.63) is 77.7 Å². The SMILES string of the molecule is Cc1cccnc1C1CCN(c2ccc(-c3cccc(CN(C)C(=O)CN)c3)cn2)CC1. The minimum atomic E-state index is -0.0663. The number of benzene rings is 1. The minimum absolute atomic E-state index is 0.0281. The minimum Gasteiger partial charge on any atom is -0.357 e. The molecule has 1 aromatic carbocycles. The summed E-state index contributed by atoms with van der Waals surface area (Å²) in [7, 11) is 1.77. The van der Waals surface area contributed by atoms with Gasteiger partial charge in [0.2, 0.25) is 5.91 Å². The van der Waals surface area contributed by atoms with Crippen LogP contribution in [0, 0.1) is 6.92 Å². The average Bonchev–Trinajstić information content (AvgIpc) is 2.84. The lowest BCUT2D eigenvalue weighted by molar-refractivity contribution is -0.128. The number of carbonyl (C=O) groups is 1. The maximum absolute atomic E-state index is 11.8. The molecule has 1 saturated heterocycles. The van der Waals surface area contributed by atoms with Gasteiger partial charge >= 0.3 is 0 Å². The molecule has 1 aliphatic rings. The van der Waals surface area contributed by atoms with E-state index >= 15 is 0 Å². The molecule has 3 heterocycles. The maximum Gasteiger partial charge on any atom is 0.236 e. The number of hydrogen-bond donors (Lipinski definition) is 1. The Bertz CT molecular complexity index is 1060. The van der Waals surface area contributed by atoms with Gasteiger partial charge < -0.3 is 15.5 Å². The predicted octanol–water partition coefficient (Wildman–Crippen LogP) is 3.75. The Morgan fingerprint density at radius 3 is 2.59 bits per heavy atom. The smallest absolute Gasteiger partial charge is 0.236 e. The number of piperidine rings is 1. The van der Waals surface area contributed by atoms with Gasteiger partial charge in [0.25, 0.3) is 0 Å². The van der Waals surface area contributed by atoms with E-state index in [1.807, 2.05) is 30.6 Å². The van der Waals surface area contributed by atoms with E-state index in [0.717, 1.165) is 48.4 Å². The van der Waals surface area contributed by atoms with E-state index in [0.29, 0.717) is 12.5 Å². The van der Waals surface area contributed by atoms with Crippen LogP contribution in [-0.2, 0) is 11.3 Å². The molecule has 1 fully saturated rings. The molecule has 0 spiro atoms. The summed E-state index contributed by atoms with van der Waals surface area (Å²) in [4.78, 5) is 25.1. The Morgan fingerprint density at radius 1 is 1.09 bits per heavy atom. The zero-order chi connectivity index (χ0) is 22.5. The lowest BCUT2D eigenvalue weighted by atomic mass is 9.91. The van der Waals surface area contributed by atoms with Crippen molar-refractivity contribution in [2.45, 2.75) is 32.2 Å². The third-order valence-electron chi connectivity index (χ3n) is 6.28. The number of anilines is 1.